The molecule has 0 saturated heterocycles. The van der Waals surface area contributed by atoms with Crippen molar-refractivity contribution in [1.82, 2.24) is 0 Å². The van der Waals surface area contributed by atoms with Crippen molar-refractivity contribution >= 4 is 0 Å². The number of aliphatic hydroxyl groups excluding tert-OH is 1. The van der Waals surface area contributed by atoms with Gasteiger partial charge in [0.2, 0.25) is 0 Å². The van der Waals surface area contributed by atoms with Gasteiger partial charge in [0.1, 0.15) is 0 Å². The molecule has 1 rings (SSSR count). The third kappa shape index (κ3) is 2.70. The normalized spacial score (nSPS) is 12.9. The Balaban J connectivity index is 2.51. The number of hydrogen-bond acceptors (Lipinski definition) is 2. The van der Waals surface area contributed by atoms with Crippen LogP contribution in [0.25, 0.3) is 0 Å². The standard InChI is InChI=1S/C9H12NO/c10-9(7-11)6-8-4-2-1-3-5-8/h2-5,9,11H,6-7,10H2/t9-/m0/s1. The van der Waals surface area contributed by atoms with E-state index < -0.39 is 0 Å². The highest BCUT2D eigenvalue weighted by Gasteiger charge is 2.00. The molecule has 11 heavy (non-hydrogen) atoms. The maximum Gasteiger partial charge on any atom is 0.0585 e. The van der Waals surface area contributed by atoms with Crippen LogP contribution in [0.3, 0.4) is 0 Å². The molecule has 2 heteroatoms. The van der Waals surface area contributed by atoms with Crippen molar-refractivity contribution in [1.29, 1.82) is 0 Å². The summed E-state index contributed by atoms with van der Waals surface area (Å²) in [5.74, 6) is 0. The number of rotatable bonds is 3. The molecule has 0 unspecified atom stereocenters. The highest BCUT2D eigenvalue weighted by atomic mass is 16.3. The van der Waals surface area contributed by atoms with Crippen molar-refractivity contribution in [3.63, 3.8) is 0 Å². The van der Waals surface area contributed by atoms with E-state index >= 15 is 0 Å². The summed E-state index contributed by atoms with van der Waals surface area (Å²) >= 11 is 0. The minimum atomic E-state index is -0.141. The first-order valence-corrected chi connectivity index (χ1v) is 3.64. The monoisotopic (exact) mass is 150 g/mol. The van der Waals surface area contributed by atoms with Crippen LogP contribution >= 0.6 is 0 Å². The van der Waals surface area contributed by atoms with Crippen LogP contribution in [0.4, 0.5) is 0 Å². The fraction of sp³-hybridized carbons (Fsp3) is 0.333. The molecule has 1 aromatic carbocycles. The lowest BCUT2D eigenvalue weighted by molar-refractivity contribution is 0.265. The van der Waals surface area contributed by atoms with E-state index in [2.05, 4.69) is 6.07 Å². The molecule has 0 fully saturated rings. The number of benzene rings is 1. The molecule has 1 atom stereocenters. The van der Waals surface area contributed by atoms with E-state index in [4.69, 9.17) is 10.8 Å². The average molecular weight is 150 g/mol. The van der Waals surface area contributed by atoms with Gasteiger partial charge in [0.05, 0.1) is 6.61 Å². The van der Waals surface area contributed by atoms with Crippen molar-refractivity contribution < 1.29 is 5.11 Å². The van der Waals surface area contributed by atoms with Gasteiger partial charge in [-0.2, -0.15) is 0 Å². The molecule has 3 N–H and O–H groups in total. The molecule has 0 heterocycles. The van der Waals surface area contributed by atoms with Gasteiger partial charge in [-0.15, -0.1) is 0 Å². The zero-order chi connectivity index (χ0) is 8.10. The molecule has 2 nitrogen and oxygen atoms in total. The Morgan fingerprint density at radius 3 is 2.64 bits per heavy atom. The molecule has 1 aromatic rings. The van der Waals surface area contributed by atoms with Gasteiger partial charge in [-0.3, -0.25) is 0 Å². The van der Waals surface area contributed by atoms with Crippen molar-refractivity contribution in [3.8, 4) is 0 Å². The fourth-order valence-electron chi connectivity index (χ4n) is 0.925. The summed E-state index contributed by atoms with van der Waals surface area (Å²) in [4.78, 5) is 0. The van der Waals surface area contributed by atoms with Crippen molar-refractivity contribution in [2.45, 2.75) is 12.5 Å². The van der Waals surface area contributed by atoms with Gasteiger partial charge < -0.3 is 10.8 Å². The van der Waals surface area contributed by atoms with Gasteiger partial charge in [-0.1, -0.05) is 24.3 Å². The summed E-state index contributed by atoms with van der Waals surface area (Å²) in [5.41, 5.74) is 6.69. The van der Waals surface area contributed by atoms with Gasteiger partial charge in [0, 0.05) is 6.04 Å². The van der Waals surface area contributed by atoms with E-state index in [1.165, 1.54) is 0 Å². The van der Waals surface area contributed by atoms with E-state index in [1.54, 1.807) is 0 Å². The van der Waals surface area contributed by atoms with E-state index in [0.717, 1.165) is 12.0 Å². The fourth-order valence-corrected chi connectivity index (χ4v) is 0.925. The average Bonchev–Trinajstić information content (AvgIpc) is 2.06. The number of aliphatic hydroxyl groups is 1. The Labute approximate surface area is 66.7 Å². The second-order valence-electron chi connectivity index (χ2n) is 2.56. The predicted molar refractivity (Wildman–Crippen MR) is 44.0 cm³/mol. The third-order valence-corrected chi connectivity index (χ3v) is 1.52. The Kier molecular flexibility index (Phi) is 3.08. The van der Waals surface area contributed by atoms with Crippen LogP contribution in [0.5, 0.6) is 0 Å². The van der Waals surface area contributed by atoms with Crippen LogP contribution in [-0.4, -0.2) is 17.8 Å². The van der Waals surface area contributed by atoms with Crippen LogP contribution in [0.2, 0.25) is 0 Å². The molecule has 0 aliphatic heterocycles. The Morgan fingerprint density at radius 1 is 1.45 bits per heavy atom. The van der Waals surface area contributed by atoms with E-state index in [0.29, 0.717) is 0 Å². The van der Waals surface area contributed by atoms with Crippen molar-refractivity contribution in [3.05, 3.63) is 35.9 Å². The second kappa shape index (κ2) is 4.11. The Hall–Kier alpha value is -0.860. The molecule has 0 aliphatic rings. The van der Waals surface area contributed by atoms with Crippen molar-refractivity contribution in [2.24, 2.45) is 5.73 Å². The second-order valence-corrected chi connectivity index (χ2v) is 2.56. The zero-order valence-electron chi connectivity index (χ0n) is 6.33. The summed E-state index contributed by atoms with van der Waals surface area (Å²) in [7, 11) is 0. The van der Waals surface area contributed by atoms with Gasteiger partial charge in [-0.25, -0.2) is 0 Å². The van der Waals surface area contributed by atoms with Gasteiger partial charge in [-0.05, 0) is 18.1 Å². The molecule has 0 amide bonds. The quantitative estimate of drug-likeness (QED) is 0.653. The first-order chi connectivity index (χ1) is 5.33. The highest BCUT2D eigenvalue weighted by Crippen LogP contribution is 2.00. The van der Waals surface area contributed by atoms with Crippen LogP contribution < -0.4 is 5.73 Å². The molecule has 0 aliphatic carbocycles. The van der Waals surface area contributed by atoms with Gasteiger partial charge in [0.15, 0.2) is 0 Å². The molecule has 0 saturated carbocycles. The minimum absolute atomic E-state index is 0.0403. The minimum Gasteiger partial charge on any atom is -0.395 e. The SMILES string of the molecule is N[C@H](CO)Cc1cc[c]cc1. The first-order valence-electron chi connectivity index (χ1n) is 3.64. The zero-order valence-corrected chi connectivity index (χ0v) is 6.33. The predicted octanol–water partition coefficient (Wildman–Crippen LogP) is 0.349. The lowest BCUT2D eigenvalue weighted by Gasteiger charge is -2.06. The Bertz CT molecular complexity index is 198. The third-order valence-electron chi connectivity index (χ3n) is 1.52. The van der Waals surface area contributed by atoms with E-state index in [1.807, 2.05) is 24.3 Å². The molecule has 0 spiro atoms. The largest absolute Gasteiger partial charge is 0.395 e. The topological polar surface area (TPSA) is 46.2 Å². The summed E-state index contributed by atoms with van der Waals surface area (Å²) in [5, 5.41) is 8.66. The number of nitrogens with two attached hydrogens (primary N) is 1. The lowest BCUT2D eigenvalue weighted by Crippen LogP contribution is -2.26. The van der Waals surface area contributed by atoms with Gasteiger partial charge in [0.25, 0.3) is 0 Å². The number of hydrogen-bond donors (Lipinski definition) is 2. The molecule has 1 radical (unpaired) electrons. The maximum absolute atomic E-state index is 8.66. The van der Waals surface area contributed by atoms with Crippen LogP contribution in [0.1, 0.15) is 5.56 Å². The summed E-state index contributed by atoms with van der Waals surface area (Å²) in [6, 6.07) is 10.4. The molecular weight excluding hydrogens is 138 g/mol. The van der Waals surface area contributed by atoms with Crippen LogP contribution in [-0.2, 0) is 6.42 Å². The van der Waals surface area contributed by atoms with Gasteiger partial charge >= 0.3 is 0 Å². The van der Waals surface area contributed by atoms with Crippen LogP contribution in [0, 0.1) is 6.07 Å². The smallest absolute Gasteiger partial charge is 0.0585 e. The summed E-state index contributed by atoms with van der Waals surface area (Å²) in [6.45, 7) is 0.0403. The van der Waals surface area contributed by atoms with E-state index in [9.17, 15) is 0 Å². The summed E-state index contributed by atoms with van der Waals surface area (Å²) < 4.78 is 0. The lowest BCUT2D eigenvalue weighted by atomic mass is 10.1. The highest BCUT2D eigenvalue weighted by molar-refractivity contribution is 5.14. The summed E-state index contributed by atoms with van der Waals surface area (Å²) in [6.07, 6.45) is 0.727. The first kappa shape index (κ1) is 8.24. The molecular formula is C9H12NO. The van der Waals surface area contributed by atoms with E-state index in [-0.39, 0.29) is 12.6 Å². The molecule has 0 bridgehead atoms. The molecule has 59 valence electrons. The maximum atomic E-state index is 8.66. The van der Waals surface area contributed by atoms with Crippen molar-refractivity contribution in [2.75, 3.05) is 6.61 Å². The van der Waals surface area contributed by atoms with Crippen LogP contribution in [0.15, 0.2) is 24.3 Å². The Morgan fingerprint density at radius 2 is 2.09 bits per heavy atom. The molecule has 0 aromatic heterocycles.